The molecule has 32 heavy (non-hydrogen) atoms. The molecule has 0 aliphatic rings. The number of nitrogens with zero attached hydrogens (tertiary/aromatic N) is 2. The number of hydrogen-bond acceptors (Lipinski definition) is 7. The Kier molecular flexibility index (Phi) is 11.0. The molecule has 6 N–H and O–H groups in total. The third-order valence-electron chi connectivity index (χ3n) is 4.52. The summed E-state index contributed by atoms with van der Waals surface area (Å²) in [5.41, 5.74) is 15.6. The third-order valence-corrected chi connectivity index (χ3v) is 5.00. The molecule has 1 atom stereocenters. The van der Waals surface area contributed by atoms with Crippen LogP contribution in [-0.4, -0.2) is 40.3 Å². The molecule has 2 amide bonds. The van der Waals surface area contributed by atoms with E-state index in [4.69, 9.17) is 11.5 Å². The van der Waals surface area contributed by atoms with Gasteiger partial charge in [0, 0.05) is 11.3 Å². The highest BCUT2D eigenvalue weighted by molar-refractivity contribution is 7.03. The van der Waals surface area contributed by atoms with Crippen LogP contribution in [0.3, 0.4) is 0 Å². The zero-order valence-corrected chi connectivity index (χ0v) is 19.0. The van der Waals surface area contributed by atoms with Crippen LogP contribution in [0.2, 0.25) is 0 Å². The lowest BCUT2D eigenvalue weighted by Gasteiger charge is -2.12. The molecule has 0 fully saturated rings. The second-order valence-electron chi connectivity index (χ2n) is 6.97. The molecule has 1 heterocycles. The van der Waals surface area contributed by atoms with Crippen LogP contribution in [-0.2, 0) is 16.0 Å². The van der Waals surface area contributed by atoms with Gasteiger partial charge in [0.1, 0.15) is 5.51 Å². The molecule has 1 aromatic heterocycles. The van der Waals surface area contributed by atoms with Crippen molar-refractivity contribution in [3.8, 4) is 11.4 Å². The predicted molar refractivity (Wildman–Crippen MR) is 129 cm³/mol. The summed E-state index contributed by atoms with van der Waals surface area (Å²) >= 11 is 1.28. The van der Waals surface area contributed by atoms with Crippen LogP contribution in [0.15, 0.2) is 60.1 Å². The number of carbonyl (C=O) groups is 2. The second-order valence-corrected chi connectivity index (χ2v) is 7.58. The van der Waals surface area contributed by atoms with Gasteiger partial charge in [-0.3, -0.25) is 9.59 Å². The van der Waals surface area contributed by atoms with Gasteiger partial charge < -0.3 is 22.1 Å². The molecule has 0 radical (unpaired) electrons. The zero-order chi connectivity index (χ0) is 23.2. The summed E-state index contributed by atoms with van der Waals surface area (Å²) in [5.74, 6) is -0.0333. The quantitative estimate of drug-likeness (QED) is 0.392. The van der Waals surface area contributed by atoms with Gasteiger partial charge in [-0.2, -0.15) is 4.37 Å². The van der Waals surface area contributed by atoms with Gasteiger partial charge in [0.25, 0.3) is 0 Å². The molecule has 3 rings (SSSR count). The SMILES string of the molecule is CCc1ccccc1.NCCC[C@H](N)C(=O)NCC(=O)Nc1ccc(-c2ncsn2)cc1. The van der Waals surface area contributed by atoms with Gasteiger partial charge in [0.15, 0.2) is 5.82 Å². The van der Waals surface area contributed by atoms with Gasteiger partial charge in [0.2, 0.25) is 11.8 Å². The van der Waals surface area contributed by atoms with Crippen molar-refractivity contribution < 1.29 is 9.59 Å². The smallest absolute Gasteiger partial charge is 0.243 e. The number of carbonyl (C=O) groups excluding carboxylic acids is 2. The molecule has 8 nitrogen and oxygen atoms in total. The lowest BCUT2D eigenvalue weighted by atomic mass is 10.1. The topological polar surface area (TPSA) is 136 Å². The van der Waals surface area contributed by atoms with E-state index in [1.54, 1.807) is 17.6 Å². The molecule has 170 valence electrons. The molecule has 0 unspecified atom stereocenters. The summed E-state index contributed by atoms with van der Waals surface area (Å²) in [6.45, 7) is 2.51. The van der Waals surface area contributed by atoms with Crippen LogP contribution >= 0.6 is 11.5 Å². The standard InChI is InChI=1S/C15H20N6O2S.C8H10/c16-7-1-2-12(17)15(23)18-8-13(22)20-11-5-3-10(4-6-11)14-19-9-24-21-14;1-2-8-6-4-3-5-7-8/h3-6,9,12H,1-2,7-8,16-17H2,(H,18,23)(H,20,22);3-7H,2H2,1H3/t12-;/m0./s1. The van der Waals surface area contributed by atoms with Gasteiger partial charge in [-0.05, 0) is 67.2 Å². The maximum Gasteiger partial charge on any atom is 0.243 e. The Hall–Kier alpha value is -3.14. The Bertz CT molecular complexity index is 933. The van der Waals surface area contributed by atoms with E-state index in [9.17, 15) is 9.59 Å². The first-order chi connectivity index (χ1) is 15.5. The van der Waals surface area contributed by atoms with Crippen molar-refractivity contribution in [2.24, 2.45) is 11.5 Å². The molecule has 9 heteroatoms. The average Bonchev–Trinajstić information content (AvgIpc) is 3.37. The van der Waals surface area contributed by atoms with E-state index in [1.165, 1.54) is 17.1 Å². The highest BCUT2D eigenvalue weighted by Gasteiger charge is 2.13. The van der Waals surface area contributed by atoms with Gasteiger partial charge in [-0.1, -0.05) is 37.3 Å². The Morgan fingerprint density at radius 1 is 1.09 bits per heavy atom. The Morgan fingerprint density at radius 3 is 2.38 bits per heavy atom. The minimum absolute atomic E-state index is 0.134. The first-order valence-corrected chi connectivity index (χ1v) is 11.3. The lowest BCUT2D eigenvalue weighted by molar-refractivity contribution is -0.125. The number of aryl methyl sites for hydroxylation is 1. The number of aromatic nitrogens is 2. The van der Waals surface area contributed by atoms with Crippen LogP contribution < -0.4 is 22.1 Å². The molecule has 0 spiro atoms. The molecule has 0 saturated heterocycles. The van der Waals surface area contributed by atoms with E-state index in [0.717, 1.165) is 12.0 Å². The number of anilines is 1. The van der Waals surface area contributed by atoms with Crippen LogP contribution in [0.5, 0.6) is 0 Å². The molecule has 0 aliphatic heterocycles. The normalized spacial score (nSPS) is 11.1. The number of hydrogen-bond donors (Lipinski definition) is 4. The Labute approximate surface area is 192 Å². The monoisotopic (exact) mass is 454 g/mol. The van der Waals surface area contributed by atoms with E-state index in [0.29, 0.717) is 30.9 Å². The van der Waals surface area contributed by atoms with E-state index < -0.39 is 6.04 Å². The molecule has 3 aromatic rings. The average molecular weight is 455 g/mol. The fraction of sp³-hybridized carbons (Fsp3) is 0.304. The predicted octanol–water partition coefficient (Wildman–Crippen LogP) is 2.58. The molecule has 0 saturated carbocycles. The molecule has 0 aliphatic carbocycles. The molecular formula is C23H30N6O2S. The third kappa shape index (κ3) is 8.93. The highest BCUT2D eigenvalue weighted by Crippen LogP contribution is 2.18. The molecule has 2 aromatic carbocycles. The summed E-state index contributed by atoms with van der Waals surface area (Å²) in [7, 11) is 0. The van der Waals surface area contributed by atoms with Gasteiger partial charge >= 0.3 is 0 Å². The summed E-state index contributed by atoms with van der Waals surface area (Å²) in [6.07, 6.45) is 2.30. The van der Waals surface area contributed by atoms with Crippen molar-refractivity contribution >= 4 is 29.0 Å². The van der Waals surface area contributed by atoms with Crippen LogP contribution in [0.25, 0.3) is 11.4 Å². The highest BCUT2D eigenvalue weighted by atomic mass is 32.1. The fourth-order valence-electron chi connectivity index (χ4n) is 2.69. The Morgan fingerprint density at radius 2 is 1.81 bits per heavy atom. The van der Waals surface area contributed by atoms with Crippen molar-refractivity contribution in [3.63, 3.8) is 0 Å². The van der Waals surface area contributed by atoms with Crippen molar-refractivity contribution in [3.05, 3.63) is 65.7 Å². The minimum atomic E-state index is -0.647. The summed E-state index contributed by atoms with van der Waals surface area (Å²) in [5, 5.41) is 5.21. The van der Waals surface area contributed by atoms with Crippen molar-refractivity contribution in [1.29, 1.82) is 0 Å². The fourth-order valence-corrected chi connectivity index (χ4v) is 3.13. The van der Waals surface area contributed by atoms with Crippen molar-refractivity contribution in [2.75, 3.05) is 18.4 Å². The number of nitrogens with one attached hydrogen (secondary N) is 2. The number of amides is 2. The van der Waals surface area contributed by atoms with Crippen LogP contribution in [0.1, 0.15) is 25.3 Å². The Balaban J connectivity index is 0.000000380. The summed E-state index contributed by atoms with van der Waals surface area (Å²) in [6, 6.07) is 17.0. The van der Waals surface area contributed by atoms with E-state index >= 15 is 0 Å². The number of rotatable bonds is 9. The van der Waals surface area contributed by atoms with E-state index in [1.807, 2.05) is 18.2 Å². The second kappa shape index (κ2) is 14.0. The number of benzene rings is 2. The van der Waals surface area contributed by atoms with Crippen molar-refractivity contribution in [2.45, 2.75) is 32.2 Å². The van der Waals surface area contributed by atoms with E-state index in [2.05, 4.69) is 51.2 Å². The maximum absolute atomic E-state index is 11.9. The molecule has 0 bridgehead atoms. The number of nitrogens with two attached hydrogens (primary N) is 2. The summed E-state index contributed by atoms with van der Waals surface area (Å²) in [4.78, 5) is 27.7. The largest absolute Gasteiger partial charge is 0.346 e. The first-order valence-electron chi connectivity index (χ1n) is 10.5. The van der Waals surface area contributed by atoms with Gasteiger partial charge in [-0.15, -0.1) is 0 Å². The maximum atomic E-state index is 11.9. The van der Waals surface area contributed by atoms with Crippen molar-refractivity contribution in [1.82, 2.24) is 14.7 Å². The summed E-state index contributed by atoms with van der Waals surface area (Å²) < 4.78 is 4.14. The van der Waals surface area contributed by atoms with Crippen LogP contribution in [0.4, 0.5) is 5.69 Å². The molecular weight excluding hydrogens is 424 g/mol. The first kappa shape index (κ1) is 25.1. The van der Waals surface area contributed by atoms with Crippen LogP contribution in [0, 0.1) is 0 Å². The minimum Gasteiger partial charge on any atom is -0.346 e. The van der Waals surface area contributed by atoms with Gasteiger partial charge in [-0.25, -0.2) is 4.98 Å². The lowest BCUT2D eigenvalue weighted by Crippen LogP contribution is -2.43. The van der Waals surface area contributed by atoms with Gasteiger partial charge in [0.05, 0.1) is 12.6 Å². The van der Waals surface area contributed by atoms with E-state index in [-0.39, 0.29) is 18.4 Å². The zero-order valence-electron chi connectivity index (χ0n) is 18.2.